The number of aromatic nitrogens is 2. The summed E-state index contributed by atoms with van der Waals surface area (Å²) in [5.41, 5.74) is 2.49. The molecule has 1 saturated heterocycles. The summed E-state index contributed by atoms with van der Waals surface area (Å²) in [6.07, 6.45) is -5.62. The zero-order valence-electron chi connectivity index (χ0n) is 21.0. The summed E-state index contributed by atoms with van der Waals surface area (Å²) in [4.78, 5) is 0. The molecule has 2 aromatic rings. The number of nitrogens with one attached hydrogen (secondary N) is 1. The van der Waals surface area contributed by atoms with Crippen LogP contribution in [-0.2, 0) is 11.2 Å². The maximum Gasteiger partial charge on any atom is 0.238 e. The van der Waals surface area contributed by atoms with E-state index in [2.05, 4.69) is 24.0 Å². The molecule has 1 fully saturated rings. The molecule has 0 radical (unpaired) electrons. The van der Waals surface area contributed by atoms with E-state index in [-0.39, 0.29) is 11.8 Å². The van der Waals surface area contributed by atoms with Gasteiger partial charge in [-0.25, -0.2) is 0 Å². The van der Waals surface area contributed by atoms with E-state index < -0.39 is 37.3 Å². The van der Waals surface area contributed by atoms with E-state index >= 15 is 0 Å². The number of H-pyrrole nitrogens is 1. The Morgan fingerprint density at radius 3 is 2.46 bits per heavy atom. The van der Waals surface area contributed by atoms with Crippen LogP contribution in [0.1, 0.15) is 56.9 Å². The number of aromatic amines is 1. The molecule has 2 heterocycles. The minimum atomic E-state index is -1.54. The van der Waals surface area contributed by atoms with Gasteiger partial charge in [-0.1, -0.05) is 33.8 Å². The van der Waals surface area contributed by atoms with Crippen LogP contribution in [0, 0.1) is 5.92 Å². The third-order valence-corrected chi connectivity index (χ3v) is 6.11. The maximum atomic E-state index is 10.4. The Hall–Kier alpha value is -2.37. The lowest BCUT2D eigenvalue weighted by molar-refractivity contribution is -0.278. The van der Waals surface area contributed by atoms with Gasteiger partial charge in [0.25, 0.3) is 0 Å². The molecule has 5 N–H and O–H groups in total. The number of aliphatic hydroxyl groups is 4. The number of aliphatic hydroxyl groups excluding tert-OH is 4. The monoisotopic (exact) mass is 494 g/mol. The van der Waals surface area contributed by atoms with Gasteiger partial charge in [-0.2, -0.15) is 0 Å². The predicted octanol–water partition coefficient (Wildman–Crippen LogP) is 1.74. The highest BCUT2D eigenvalue weighted by Gasteiger charge is 2.45. The molecule has 0 unspecified atom stereocenters. The summed E-state index contributed by atoms with van der Waals surface area (Å²) >= 11 is 0. The summed E-state index contributed by atoms with van der Waals surface area (Å²) in [6.45, 7) is 8.33. The van der Waals surface area contributed by atoms with Gasteiger partial charge in [-0.15, -0.1) is 5.10 Å². The van der Waals surface area contributed by atoms with Gasteiger partial charge in [-0.05, 0) is 29.9 Å². The first kappa shape index (κ1) is 27.2. The Bertz CT molecular complexity index is 946. The van der Waals surface area contributed by atoms with Crippen LogP contribution in [0.25, 0.3) is 0 Å². The lowest BCUT2D eigenvalue weighted by Crippen LogP contribution is -2.60. The van der Waals surface area contributed by atoms with Crippen LogP contribution in [0.15, 0.2) is 18.2 Å². The summed E-state index contributed by atoms with van der Waals surface area (Å²) in [5, 5.41) is 47.4. The van der Waals surface area contributed by atoms with Gasteiger partial charge in [0, 0.05) is 23.7 Å². The molecule has 1 aromatic heterocycles. The third kappa shape index (κ3) is 6.45. The van der Waals surface area contributed by atoms with E-state index in [9.17, 15) is 20.4 Å². The molecule has 0 bridgehead atoms. The zero-order chi connectivity index (χ0) is 25.7. The summed E-state index contributed by atoms with van der Waals surface area (Å²) in [7, 11) is 1.60. The van der Waals surface area contributed by atoms with Crippen molar-refractivity contribution in [1.82, 2.24) is 10.2 Å². The summed E-state index contributed by atoms with van der Waals surface area (Å²) < 4.78 is 22.9. The fourth-order valence-corrected chi connectivity index (χ4v) is 3.92. The topological polar surface area (TPSA) is 147 Å². The lowest BCUT2D eigenvalue weighted by atomic mass is 9.98. The van der Waals surface area contributed by atoms with Crippen LogP contribution < -0.4 is 14.2 Å². The predicted molar refractivity (Wildman–Crippen MR) is 128 cm³/mol. The second-order valence-electron chi connectivity index (χ2n) is 9.57. The SMILES string of the molecule is COc1ccc(Cc2c(O[C@@H]3O[C@H](CO)[C@@H](O)[C@H](O)[C@H]3O)n[nH]c2C(C)C)c(OCCC(C)C)c1. The van der Waals surface area contributed by atoms with Crippen molar-refractivity contribution in [3.8, 4) is 17.4 Å². The molecule has 10 heteroatoms. The second kappa shape index (κ2) is 12.0. The first-order chi connectivity index (χ1) is 16.7. The van der Waals surface area contributed by atoms with Crippen LogP contribution >= 0.6 is 0 Å². The number of hydrogen-bond acceptors (Lipinski definition) is 9. The molecule has 3 rings (SSSR count). The van der Waals surface area contributed by atoms with Crippen molar-refractivity contribution >= 4 is 0 Å². The zero-order valence-corrected chi connectivity index (χ0v) is 21.0. The van der Waals surface area contributed by atoms with Gasteiger partial charge in [0.2, 0.25) is 12.2 Å². The summed E-state index contributed by atoms with van der Waals surface area (Å²) in [6, 6.07) is 5.64. The van der Waals surface area contributed by atoms with E-state index in [4.69, 9.17) is 18.9 Å². The molecule has 1 aliphatic rings. The number of ether oxygens (including phenoxy) is 4. The minimum absolute atomic E-state index is 0.0909. The number of methoxy groups -OCH3 is 1. The third-order valence-electron chi connectivity index (χ3n) is 6.11. The van der Waals surface area contributed by atoms with Crippen LogP contribution in [0.4, 0.5) is 0 Å². The van der Waals surface area contributed by atoms with Gasteiger partial charge in [0.1, 0.15) is 35.9 Å². The van der Waals surface area contributed by atoms with E-state index in [1.165, 1.54) is 0 Å². The van der Waals surface area contributed by atoms with Gasteiger partial charge in [0.05, 0.1) is 20.3 Å². The Balaban J connectivity index is 1.90. The van der Waals surface area contributed by atoms with Crippen LogP contribution in [0.2, 0.25) is 0 Å². The van der Waals surface area contributed by atoms with Gasteiger partial charge in [-0.3, -0.25) is 5.10 Å². The molecule has 0 spiro atoms. The van der Waals surface area contributed by atoms with Crippen molar-refractivity contribution in [2.45, 2.75) is 77.2 Å². The molecule has 1 aromatic carbocycles. The van der Waals surface area contributed by atoms with Crippen molar-refractivity contribution in [3.63, 3.8) is 0 Å². The number of benzene rings is 1. The van der Waals surface area contributed by atoms with Gasteiger partial charge in [0.15, 0.2) is 0 Å². The molecular formula is C25H38N2O8. The van der Waals surface area contributed by atoms with Gasteiger partial charge >= 0.3 is 0 Å². The molecule has 0 saturated carbocycles. The molecule has 1 aliphatic heterocycles. The van der Waals surface area contributed by atoms with Crippen molar-refractivity contribution in [1.29, 1.82) is 0 Å². The Morgan fingerprint density at radius 1 is 1.09 bits per heavy atom. The second-order valence-corrected chi connectivity index (χ2v) is 9.57. The van der Waals surface area contributed by atoms with E-state index in [1.54, 1.807) is 7.11 Å². The van der Waals surface area contributed by atoms with Crippen molar-refractivity contribution in [3.05, 3.63) is 35.0 Å². The maximum absolute atomic E-state index is 10.4. The van der Waals surface area contributed by atoms with Crippen molar-refractivity contribution < 1.29 is 39.4 Å². The van der Waals surface area contributed by atoms with E-state index in [0.717, 1.165) is 23.2 Å². The highest BCUT2D eigenvalue weighted by atomic mass is 16.7. The quantitative estimate of drug-likeness (QED) is 0.315. The lowest BCUT2D eigenvalue weighted by Gasteiger charge is -2.39. The average Bonchev–Trinajstić information content (AvgIpc) is 3.22. The number of rotatable bonds is 11. The molecule has 35 heavy (non-hydrogen) atoms. The number of nitrogens with zero attached hydrogens (tertiary/aromatic N) is 1. The molecule has 10 nitrogen and oxygen atoms in total. The molecule has 5 atom stereocenters. The first-order valence-corrected chi connectivity index (χ1v) is 12.0. The smallest absolute Gasteiger partial charge is 0.238 e. The van der Waals surface area contributed by atoms with E-state index in [1.807, 2.05) is 32.0 Å². The molecule has 196 valence electrons. The van der Waals surface area contributed by atoms with E-state index in [0.29, 0.717) is 30.4 Å². The largest absolute Gasteiger partial charge is 0.497 e. The number of hydrogen-bond donors (Lipinski definition) is 5. The Kier molecular flexibility index (Phi) is 9.37. The molecule has 0 aliphatic carbocycles. The fourth-order valence-electron chi connectivity index (χ4n) is 3.92. The van der Waals surface area contributed by atoms with Crippen LogP contribution in [0.3, 0.4) is 0 Å². The highest BCUT2D eigenvalue weighted by Crippen LogP contribution is 2.34. The van der Waals surface area contributed by atoms with Crippen molar-refractivity contribution in [2.24, 2.45) is 5.92 Å². The fraction of sp³-hybridized carbons (Fsp3) is 0.640. The molecular weight excluding hydrogens is 456 g/mol. The highest BCUT2D eigenvalue weighted by molar-refractivity contribution is 5.46. The first-order valence-electron chi connectivity index (χ1n) is 12.0. The van der Waals surface area contributed by atoms with Crippen molar-refractivity contribution in [2.75, 3.05) is 20.3 Å². The Morgan fingerprint density at radius 2 is 1.83 bits per heavy atom. The normalized spacial score (nSPS) is 24.7. The average molecular weight is 495 g/mol. The minimum Gasteiger partial charge on any atom is -0.497 e. The van der Waals surface area contributed by atoms with Gasteiger partial charge < -0.3 is 39.4 Å². The summed E-state index contributed by atoms with van der Waals surface area (Å²) in [5.74, 6) is 2.17. The standard InChI is InChI=1S/C25H38N2O8/c1-13(2)8-9-33-18-11-16(32-5)7-6-15(18)10-17-20(14(3)4)26-27-24(17)35-25-23(31)22(30)21(29)19(12-28)34-25/h6-7,11,13-14,19,21-23,25,28-31H,8-10,12H2,1-5H3,(H,26,27)/t19-,21-,22+,23-,25+/m1/s1. The molecule has 0 amide bonds. The van der Waals surface area contributed by atoms with Crippen LogP contribution in [-0.4, -0.2) is 81.7 Å². The Labute approximate surface area is 205 Å². The van der Waals surface area contributed by atoms with Crippen LogP contribution in [0.5, 0.6) is 17.4 Å².